The quantitative estimate of drug-likeness (QED) is 0.561. The molecule has 0 aromatic rings. The normalized spacial score (nSPS) is 25.5. The van der Waals surface area contributed by atoms with Gasteiger partial charge in [0.2, 0.25) is 5.91 Å². The summed E-state index contributed by atoms with van der Waals surface area (Å²) in [6, 6.07) is -0.189. The minimum absolute atomic E-state index is 0.0306. The zero-order chi connectivity index (χ0) is 11.1. The summed E-state index contributed by atoms with van der Waals surface area (Å²) in [5, 5.41) is 15.1. The second-order valence-corrected chi connectivity index (χ2v) is 4.20. The van der Waals surface area contributed by atoms with E-state index in [1.807, 2.05) is 0 Å². The van der Waals surface area contributed by atoms with Crippen LogP contribution >= 0.6 is 0 Å². The molecule has 1 heterocycles. The molecule has 1 aliphatic heterocycles. The Morgan fingerprint density at radius 2 is 2.27 bits per heavy atom. The Hall–Kier alpha value is -0.610. The summed E-state index contributed by atoms with van der Waals surface area (Å²) in [5.41, 5.74) is 0. The van der Waals surface area contributed by atoms with Gasteiger partial charge in [-0.1, -0.05) is 26.2 Å². The number of β-amino-alcohol motifs (C(OH)–C–C–N with tert-alkyl or cyclic N) is 1. The van der Waals surface area contributed by atoms with Gasteiger partial charge in [-0.2, -0.15) is 0 Å². The highest BCUT2D eigenvalue weighted by atomic mass is 16.3. The largest absolute Gasteiger partial charge is 0.392 e. The van der Waals surface area contributed by atoms with E-state index in [0.29, 0.717) is 13.0 Å². The maximum absolute atomic E-state index is 11.5. The highest BCUT2D eigenvalue weighted by molar-refractivity contribution is 5.82. The molecule has 3 N–H and O–H groups in total. The van der Waals surface area contributed by atoms with Crippen molar-refractivity contribution in [2.24, 2.45) is 0 Å². The van der Waals surface area contributed by atoms with Crippen molar-refractivity contribution in [2.45, 2.75) is 51.2 Å². The summed E-state index contributed by atoms with van der Waals surface area (Å²) in [5.74, 6) is 0.0306. The molecule has 0 bridgehead atoms. The molecular weight excluding hydrogens is 192 g/mol. The van der Waals surface area contributed by atoms with E-state index in [9.17, 15) is 9.90 Å². The molecule has 0 spiro atoms. The van der Waals surface area contributed by atoms with Crippen LogP contribution in [0.3, 0.4) is 0 Å². The average molecular weight is 214 g/mol. The van der Waals surface area contributed by atoms with Gasteiger partial charge in [0.25, 0.3) is 0 Å². The molecule has 2 atom stereocenters. The molecule has 0 aromatic carbocycles. The summed E-state index contributed by atoms with van der Waals surface area (Å²) in [6.07, 6.45) is 4.86. The molecule has 0 saturated carbocycles. The molecule has 2 unspecified atom stereocenters. The number of nitrogens with one attached hydrogen (secondary N) is 2. The third kappa shape index (κ3) is 4.62. The lowest BCUT2D eigenvalue weighted by Gasteiger charge is -2.10. The lowest BCUT2D eigenvalue weighted by molar-refractivity contribution is -0.122. The molecule has 88 valence electrons. The molecule has 15 heavy (non-hydrogen) atoms. The third-order valence-corrected chi connectivity index (χ3v) is 2.75. The van der Waals surface area contributed by atoms with Crippen LogP contribution in [0.4, 0.5) is 0 Å². The van der Waals surface area contributed by atoms with Gasteiger partial charge in [-0.15, -0.1) is 0 Å². The lowest BCUT2D eigenvalue weighted by Crippen LogP contribution is -2.40. The van der Waals surface area contributed by atoms with Crippen LogP contribution in [0.15, 0.2) is 0 Å². The molecule has 0 aliphatic carbocycles. The molecule has 1 aliphatic rings. The van der Waals surface area contributed by atoms with Crippen molar-refractivity contribution < 1.29 is 9.90 Å². The highest BCUT2D eigenvalue weighted by Crippen LogP contribution is 2.06. The first kappa shape index (κ1) is 12.5. The fraction of sp³-hybridized carbons (Fsp3) is 0.909. The summed E-state index contributed by atoms with van der Waals surface area (Å²) in [6.45, 7) is 3.46. The van der Waals surface area contributed by atoms with E-state index in [4.69, 9.17) is 0 Å². The molecular formula is C11H22N2O2. The van der Waals surface area contributed by atoms with Crippen LogP contribution < -0.4 is 10.6 Å². The summed E-state index contributed by atoms with van der Waals surface area (Å²) in [7, 11) is 0. The van der Waals surface area contributed by atoms with Crippen LogP contribution in [0.25, 0.3) is 0 Å². The van der Waals surface area contributed by atoms with E-state index in [0.717, 1.165) is 13.0 Å². The molecule has 0 radical (unpaired) electrons. The summed E-state index contributed by atoms with van der Waals surface area (Å²) < 4.78 is 0. The first-order valence-corrected chi connectivity index (χ1v) is 5.93. The molecule has 1 rings (SSSR count). The fourth-order valence-corrected chi connectivity index (χ4v) is 1.80. The van der Waals surface area contributed by atoms with E-state index >= 15 is 0 Å². The van der Waals surface area contributed by atoms with Crippen molar-refractivity contribution in [1.82, 2.24) is 10.6 Å². The number of carbonyl (C=O) groups is 1. The van der Waals surface area contributed by atoms with Crippen LogP contribution in [0.1, 0.15) is 39.0 Å². The van der Waals surface area contributed by atoms with Crippen LogP contribution in [0.5, 0.6) is 0 Å². The van der Waals surface area contributed by atoms with Crippen molar-refractivity contribution in [3.05, 3.63) is 0 Å². The number of aliphatic hydroxyl groups excluding tert-OH is 1. The first-order valence-electron chi connectivity index (χ1n) is 5.93. The van der Waals surface area contributed by atoms with E-state index in [-0.39, 0.29) is 18.1 Å². The zero-order valence-electron chi connectivity index (χ0n) is 9.46. The van der Waals surface area contributed by atoms with E-state index in [1.54, 1.807) is 0 Å². The Kier molecular flexibility index (Phi) is 5.65. The predicted octanol–water partition coefficient (Wildman–Crippen LogP) is 0.406. The molecule has 4 heteroatoms. The van der Waals surface area contributed by atoms with Crippen molar-refractivity contribution in [3.63, 3.8) is 0 Å². The van der Waals surface area contributed by atoms with Gasteiger partial charge in [0.05, 0.1) is 12.1 Å². The second kappa shape index (κ2) is 6.80. The number of hydrogen-bond acceptors (Lipinski definition) is 3. The van der Waals surface area contributed by atoms with Gasteiger partial charge in [-0.3, -0.25) is 4.79 Å². The van der Waals surface area contributed by atoms with E-state index in [2.05, 4.69) is 17.6 Å². The number of hydrogen-bond donors (Lipinski definition) is 3. The van der Waals surface area contributed by atoms with Crippen LogP contribution in [0, 0.1) is 0 Å². The SMILES string of the molecule is CCCCCCNC(=O)C1CC(O)CN1. The molecule has 1 saturated heterocycles. The van der Waals surface area contributed by atoms with Crippen molar-refractivity contribution in [1.29, 1.82) is 0 Å². The van der Waals surface area contributed by atoms with E-state index in [1.165, 1.54) is 19.3 Å². The van der Waals surface area contributed by atoms with Gasteiger partial charge in [-0.05, 0) is 12.8 Å². The Balaban J connectivity index is 2.03. The van der Waals surface area contributed by atoms with Gasteiger partial charge in [0.1, 0.15) is 0 Å². The van der Waals surface area contributed by atoms with Crippen molar-refractivity contribution in [2.75, 3.05) is 13.1 Å². The fourth-order valence-electron chi connectivity index (χ4n) is 1.80. The average Bonchev–Trinajstić information content (AvgIpc) is 2.64. The van der Waals surface area contributed by atoms with Crippen LogP contribution in [-0.2, 0) is 4.79 Å². The summed E-state index contributed by atoms with van der Waals surface area (Å²) in [4.78, 5) is 11.5. The van der Waals surface area contributed by atoms with Gasteiger partial charge < -0.3 is 15.7 Å². The van der Waals surface area contributed by atoms with E-state index < -0.39 is 0 Å². The first-order chi connectivity index (χ1) is 7.24. The number of carbonyl (C=O) groups excluding carboxylic acids is 1. The Morgan fingerprint density at radius 3 is 2.87 bits per heavy atom. The number of unbranched alkanes of at least 4 members (excludes halogenated alkanes) is 3. The summed E-state index contributed by atoms with van der Waals surface area (Å²) >= 11 is 0. The van der Waals surface area contributed by atoms with Gasteiger partial charge in [0, 0.05) is 13.1 Å². The standard InChI is InChI=1S/C11H22N2O2/c1-2-3-4-5-6-12-11(15)10-7-9(14)8-13-10/h9-10,13-14H,2-8H2,1H3,(H,12,15). The Bertz CT molecular complexity index is 197. The number of rotatable bonds is 6. The monoisotopic (exact) mass is 214 g/mol. The lowest BCUT2D eigenvalue weighted by atomic mass is 10.2. The van der Waals surface area contributed by atoms with Crippen LogP contribution in [-0.4, -0.2) is 36.2 Å². The van der Waals surface area contributed by atoms with Crippen molar-refractivity contribution >= 4 is 5.91 Å². The molecule has 1 fully saturated rings. The third-order valence-electron chi connectivity index (χ3n) is 2.75. The molecule has 1 amide bonds. The number of aliphatic hydroxyl groups is 1. The van der Waals surface area contributed by atoms with Gasteiger partial charge in [0.15, 0.2) is 0 Å². The maximum Gasteiger partial charge on any atom is 0.237 e. The van der Waals surface area contributed by atoms with Crippen LogP contribution in [0.2, 0.25) is 0 Å². The van der Waals surface area contributed by atoms with Gasteiger partial charge >= 0.3 is 0 Å². The Labute approximate surface area is 91.4 Å². The Morgan fingerprint density at radius 1 is 1.47 bits per heavy atom. The van der Waals surface area contributed by atoms with Crippen molar-refractivity contribution in [3.8, 4) is 0 Å². The molecule has 4 nitrogen and oxygen atoms in total. The predicted molar refractivity (Wildman–Crippen MR) is 59.6 cm³/mol. The van der Waals surface area contributed by atoms with Gasteiger partial charge in [-0.25, -0.2) is 0 Å². The highest BCUT2D eigenvalue weighted by Gasteiger charge is 2.27. The minimum atomic E-state index is -0.360. The number of amides is 1. The zero-order valence-corrected chi connectivity index (χ0v) is 9.46. The maximum atomic E-state index is 11.5. The topological polar surface area (TPSA) is 61.4 Å². The molecule has 0 aromatic heterocycles. The second-order valence-electron chi connectivity index (χ2n) is 4.20. The minimum Gasteiger partial charge on any atom is -0.392 e. The smallest absolute Gasteiger partial charge is 0.237 e.